The Labute approximate surface area is 254 Å². The molecule has 3 aromatic rings. The van der Waals surface area contributed by atoms with Gasteiger partial charge in [-0.2, -0.15) is 0 Å². The van der Waals surface area contributed by atoms with Crippen LogP contribution in [0.4, 0.5) is 16.5 Å². The van der Waals surface area contributed by atoms with Gasteiger partial charge in [-0.15, -0.1) is 19.7 Å². The van der Waals surface area contributed by atoms with Gasteiger partial charge in [0.2, 0.25) is 22.1 Å². The van der Waals surface area contributed by atoms with E-state index >= 15 is 0 Å². The van der Waals surface area contributed by atoms with E-state index in [0.29, 0.717) is 10.3 Å². The highest BCUT2D eigenvalue weighted by Crippen LogP contribution is 2.39. The molecule has 2 amide bonds. The number of hydrogen-bond acceptors (Lipinski definition) is 11. The van der Waals surface area contributed by atoms with Crippen LogP contribution in [-0.2, 0) is 22.4 Å². The number of nitrogens with one attached hydrogen (secondary N) is 3. The lowest BCUT2D eigenvalue weighted by Crippen LogP contribution is -2.38. The molecule has 1 saturated carbocycles. The maximum absolute atomic E-state index is 12.7. The lowest BCUT2D eigenvalue weighted by molar-refractivity contribution is -0.119. The maximum Gasteiger partial charge on any atom is 0.230 e. The Kier molecular flexibility index (Phi) is 9.60. The maximum atomic E-state index is 12.7. The molecule has 11 nitrogen and oxygen atoms in total. The number of hydrazone groups is 1. The van der Waals surface area contributed by atoms with Crippen LogP contribution in [0.25, 0.3) is 0 Å². The van der Waals surface area contributed by atoms with E-state index in [1.54, 1.807) is 0 Å². The summed E-state index contributed by atoms with van der Waals surface area (Å²) in [5.74, 6) is 0.0368. The fraction of sp³-hybridized carbons (Fsp3) is 0.414. The van der Waals surface area contributed by atoms with Gasteiger partial charge in [-0.3, -0.25) is 9.59 Å². The first-order valence-corrected chi connectivity index (χ1v) is 15.6. The van der Waals surface area contributed by atoms with Crippen molar-refractivity contribution in [2.75, 3.05) is 43.3 Å². The zero-order chi connectivity index (χ0) is 29.6. The van der Waals surface area contributed by atoms with Gasteiger partial charge in [0.1, 0.15) is 5.01 Å². The van der Waals surface area contributed by atoms with Crippen molar-refractivity contribution in [3.05, 3.63) is 64.7 Å². The second-order valence-corrected chi connectivity index (χ2v) is 12.9. The second kappa shape index (κ2) is 13.5. The largest absolute Gasteiger partial charge is 0.378 e. The Hall–Kier alpha value is -3.68. The third-order valence-electron chi connectivity index (χ3n) is 7.28. The van der Waals surface area contributed by atoms with Crippen molar-refractivity contribution >= 4 is 56.8 Å². The molecule has 2 aliphatic rings. The number of hydrazine groups is 1. The number of benzene rings is 2. The van der Waals surface area contributed by atoms with Gasteiger partial charge in [0.25, 0.3) is 0 Å². The van der Waals surface area contributed by atoms with E-state index in [1.807, 2.05) is 90.9 Å². The van der Waals surface area contributed by atoms with Crippen LogP contribution in [0.2, 0.25) is 0 Å². The molecule has 1 aromatic heterocycles. The Bertz CT molecular complexity index is 1440. The summed E-state index contributed by atoms with van der Waals surface area (Å²) in [4.78, 5) is 29.4. The molecule has 1 aliphatic carbocycles. The summed E-state index contributed by atoms with van der Waals surface area (Å²) in [5, 5.41) is 20.9. The van der Waals surface area contributed by atoms with Crippen LogP contribution in [0, 0.1) is 0 Å². The first kappa shape index (κ1) is 29.8. The summed E-state index contributed by atoms with van der Waals surface area (Å²) in [7, 11) is 7.92. The zero-order valence-corrected chi connectivity index (χ0v) is 26.0. The molecule has 2 heterocycles. The van der Waals surface area contributed by atoms with Gasteiger partial charge in [0, 0.05) is 63.5 Å². The van der Waals surface area contributed by atoms with E-state index in [4.69, 9.17) is 0 Å². The van der Waals surface area contributed by atoms with Crippen LogP contribution < -0.4 is 26.0 Å². The smallest absolute Gasteiger partial charge is 0.230 e. The molecule has 3 N–H and O–H groups in total. The van der Waals surface area contributed by atoms with E-state index < -0.39 is 0 Å². The minimum absolute atomic E-state index is 0.101. The number of rotatable bonds is 9. The SMILES string of the molecule is CN(C)c1cccc(CC(=O)NC2=NNN([C@H]3CCCC(c4nnc(NC(=O)Cc5cccc(N(C)C)c5)s4)C3)S2)c1. The summed E-state index contributed by atoms with van der Waals surface area (Å²) in [6.45, 7) is 0. The molecular weight excluding hydrogens is 571 g/mol. The number of anilines is 3. The second-order valence-electron chi connectivity index (χ2n) is 11.0. The molecule has 0 bridgehead atoms. The van der Waals surface area contributed by atoms with Crippen molar-refractivity contribution in [3.8, 4) is 0 Å². The molecule has 5 rings (SSSR count). The first-order valence-electron chi connectivity index (χ1n) is 14.0. The Morgan fingerprint density at radius 3 is 2.21 bits per heavy atom. The summed E-state index contributed by atoms with van der Waals surface area (Å²) in [6, 6.07) is 16.1. The first-order chi connectivity index (χ1) is 20.2. The fourth-order valence-corrected chi connectivity index (χ4v) is 6.83. The Morgan fingerprint density at radius 1 is 0.929 bits per heavy atom. The van der Waals surface area contributed by atoms with Crippen LogP contribution in [-0.4, -0.2) is 65.8 Å². The normalized spacial score (nSPS) is 18.6. The molecule has 222 valence electrons. The number of amidine groups is 1. The number of hydrogen-bond donors (Lipinski definition) is 3. The van der Waals surface area contributed by atoms with Crippen LogP contribution in [0.5, 0.6) is 0 Å². The number of carbonyl (C=O) groups is 2. The zero-order valence-electron chi connectivity index (χ0n) is 24.3. The number of aromatic nitrogens is 2. The number of amides is 2. The molecular formula is C29H37N9O2S2. The predicted molar refractivity (Wildman–Crippen MR) is 171 cm³/mol. The molecule has 1 aliphatic heterocycles. The van der Waals surface area contributed by atoms with Crippen molar-refractivity contribution < 1.29 is 9.59 Å². The molecule has 1 fully saturated rings. The number of nitrogens with zero attached hydrogens (tertiary/aromatic N) is 6. The topological polar surface area (TPSA) is 118 Å². The minimum Gasteiger partial charge on any atom is -0.378 e. The van der Waals surface area contributed by atoms with E-state index in [2.05, 4.69) is 31.5 Å². The predicted octanol–water partition coefficient (Wildman–Crippen LogP) is 3.98. The highest BCUT2D eigenvalue weighted by atomic mass is 32.2. The quantitative estimate of drug-likeness (QED) is 0.311. The van der Waals surface area contributed by atoms with Crippen molar-refractivity contribution in [1.29, 1.82) is 0 Å². The average molecular weight is 608 g/mol. The lowest BCUT2D eigenvalue weighted by atomic mass is 9.86. The molecule has 0 spiro atoms. The van der Waals surface area contributed by atoms with Crippen molar-refractivity contribution in [3.63, 3.8) is 0 Å². The molecule has 0 saturated heterocycles. The van der Waals surface area contributed by atoms with E-state index in [1.165, 1.54) is 23.3 Å². The van der Waals surface area contributed by atoms with Crippen LogP contribution in [0.1, 0.15) is 47.7 Å². The van der Waals surface area contributed by atoms with E-state index in [9.17, 15) is 9.59 Å². The van der Waals surface area contributed by atoms with Gasteiger partial charge < -0.3 is 20.4 Å². The monoisotopic (exact) mass is 607 g/mol. The van der Waals surface area contributed by atoms with Crippen LogP contribution in [0.15, 0.2) is 53.6 Å². The van der Waals surface area contributed by atoms with Crippen LogP contribution >= 0.6 is 23.3 Å². The Balaban J connectivity index is 1.10. The molecule has 2 aromatic carbocycles. The van der Waals surface area contributed by atoms with Crippen LogP contribution in [0.3, 0.4) is 0 Å². The Morgan fingerprint density at radius 2 is 1.57 bits per heavy atom. The van der Waals surface area contributed by atoms with E-state index in [0.717, 1.165) is 53.2 Å². The molecule has 42 heavy (non-hydrogen) atoms. The molecule has 2 atom stereocenters. The van der Waals surface area contributed by atoms with E-state index in [-0.39, 0.29) is 36.6 Å². The highest BCUT2D eigenvalue weighted by molar-refractivity contribution is 8.12. The summed E-state index contributed by atoms with van der Waals surface area (Å²) in [6.07, 6.45) is 4.52. The highest BCUT2D eigenvalue weighted by Gasteiger charge is 2.33. The molecule has 13 heteroatoms. The van der Waals surface area contributed by atoms with Gasteiger partial charge in [-0.05, 0) is 54.7 Å². The van der Waals surface area contributed by atoms with Gasteiger partial charge in [-0.1, -0.05) is 42.0 Å². The summed E-state index contributed by atoms with van der Waals surface area (Å²) in [5.41, 5.74) is 7.09. The van der Waals surface area contributed by atoms with Gasteiger partial charge in [0.15, 0.2) is 0 Å². The van der Waals surface area contributed by atoms with Crippen molar-refractivity contribution in [2.45, 2.75) is 50.5 Å². The average Bonchev–Trinajstić information content (AvgIpc) is 3.63. The summed E-state index contributed by atoms with van der Waals surface area (Å²) < 4.78 is 2.01. The molecule has 0 radical (unpaired) electrons. The van der Waals surface area contributed by atoms with Gasteiger partial charge in [0.05, 0.1) is 12.8 Å². The minimum atomic E-state index is -0.107. The lowest BCUT2D eigenvalue weighted by Gasteiger charge is -2.32. The van der Waals surface area contributed by atoms with Crippen molar-refractivity contribution in [1.82, 2.24) is 25.5 Å². The third-order valence-corrected chi connectivity index (χ3v) is 9.22. The van der Waals surface area contributed by atoms with Gasteiger partial charge in [-0.25, -0.2) is 5.53 Å². The van der Waals surface area contributed by atoms with Gasteiger partial charge >= 0.3 is 0 Å². The number of carbonyl (C=O) groups excluding carboxylic acids is 2. The molecule has 1 unspecified atom stereocenters. The standard InChI is InChI=1S/C29H37N9O2S2/c1-36(2)22-11-5-8-19(14-22)16-25(39)30-28-33-32-27(41-28)21-10-7-13-24(18-21)38-35-34-29(42-38)31-26(40)17-20-9-6-12-23(15-20)37(3)4/h5-6,8-9,11-12,14-15,21,24,35H,7,10,13,16-18H2,1-4H3,(H,30,33,39)(H,31,34,40)/t21?,24-/m0/s1. The third kappa shape index (κ3) is 7.78. The van der Waals surface area contributed by atoms with Crippen molar-refractivity contribution in [2.24, 2.45) is 5.10 Å². The summed E-state index contributed by atoms with van der Waals surface area (Å²) >= 11 is 2.86. The fourth-order valence-electron chi connectivity index (χ4n) is 5.07.